The number of hydrogen-bond donors (Lipinski definition) is 4. The summed E-state index contributed by atoms with van der Waals surface area (Å²) in [4.78, 5) is 12.7. The SMILES string of the molecule is CCO[C@H](C(=O)NCc1ccc(C(=N)N)cc1)c1c(F)ccc(OCCOCCO)c1F. The number of carbonyl (C=O) groups is 1. The minimum atomic E-state index is -1.52. The Hall–Kier alpha value is -3.08. The maximum atomic E-state index is 15.0. The second kappa shape index (κ2) is 12.7. The standard InChI is InChI=1S/C22H27F2N3O5/c1-2-31-20(22(29)27-13-14-3-5-15(6-4-14)21(25)26)18-16(23)7-8-17(19(18)24)32-12-11-30-10-9-28/h3-8,20,28H,2,9-13H2,1H3,(H3,25,26)(H,27,29)/t20-/m0/s1. The van der Waals surface area contributed by atoms with Crippen molar-refractivity contribution in [1.29, 1.82) is 5.41 Å². The smallest absolute Gasteiger partial charge is 0.254 e. The largest absolute Gasteiger partial charge is 0.488 e. The number of nitrogens with two attached hydrogens (primary N) is 1. The van der Waals surface area contributed by atoms with E-state index in [0.717, 1.165) is 12.1 Å². The van der Waals surface area contributed by atoms with Crippen molar-refractivity contribution in [3.63, 3.8) is 0 Å². The van der Waals surface area contributed by atoms with Crippen LogP contribution in [0.3, 0.4) is 0 Å². The number of aliphatic hydroxyl groups excluding tert-OH is 1. The Balaban J connectivity index is 2.12. The molecule has 2 aromatic carbocycles. The van der Waals surface area contributed by atoms with Crippen LogP contribution in [0.5, 0.6) is 5.75 Å². The number of rotatable bonds is 13. The van der Waals surface area contributed by atoms with Gasteiger partial charge in [-0.3, -0.25) is 10.2 Å². The molecule has 0 unspecified atom stereocenters. The lowest BCUT2D eigenvalue weighted by Crippen LogP contribution is -2.32. The maximum Gasteiger partial charge on any atom is 0.254 e. The molecule has 32 heavy (non-hydrogen) atoms. The van der Waals surface area contributed by atoms with Gasteiger partial charge in [-0.2, -0.15) is 0 Å². The van der Waals surface area contributed by atoms with E-state index in [0.29, 0.717) is 11.1 Å². The van der Waals surface area contributed by atoms with Gasteiger partial charge in [-0.05, 0) is 24.6 Å². The first-order valence-electron chi connectivity index (χ1n) is 10.0. The van der Waals surface area contributed by atoms with E-state index in [-0.39, 0.29) is 51.2 Å². The van der Waals surface area contributed by atoms with Crippen LogP contribution in [0.4, 0.5) is 8.78 Å². The Morgan fingerprint density at radius 3 is 2.50 bits per heavy atom. The zero-order valence-corrected chi connectivity index (χ0v) is 17.7. The van der Waals surface area contributed by atoms with Crippen molar-refractivity contribution < 1.29 is 32.9 Å². The molecular formula is C22H27F2N3O5. The van der Waals surface area contributed by atoms with Crippen LogP contribution in [0.15, 0.2) is 36.4 Å². The molecule has 2 aromatic rings. The zero-order valence-electron chi connectivity index (χ0n) is 17.7. The third kappa shape index (κ3) is 6.98. The number of nitrogens with one attached hydrogen (secondary N) is 2. The van der Waals surface area contributed by atoms with Crippen LogP contribution in [-0.4, -0.2) is 49.9 Å². The number of halogens is 2. The van der Waals surface area contributed by atoms with Gasteiger partial charge >= 0.3 is 0 Å². The quantitative estimate of drug-likeness (QED) is 0.210. The number of ether oxygens (including phenoxy) is 3. The van der Waals surface area contributed by atoms with Gasteiger partial charge < -0.3 is 30.4 Å². The van der Waals surface area contributed by atoms with Crippen LogP contribution >= 0.6 is 0 Å². The molecule has 1 amide bonds. The Morgan fingerprint density at radius 1 is 1.16 bits per heavy atom. The predicted molar refractivity (Wildman–Crippen MR) is 113 cm³/mol. The third-order valence-corrected chi connectivity index (χ3v) is 4.38. The summed E-state index contributed by atoms with van der Waals surface area (Å²) in [6, 6.07) is 8.75. The van der Waals surface area contributed by atoms with E-state index >= 15 is 0 Å². The monoisotopic (exact) mass is 451 g/mol. The second-order valence-electron chi connectivity index (χ2n) is 6.62. The van der Waals surface area contributed by atoms with Crippen molar-refractivity contribution in [2.75, 3.05) is 33.0 Å². The molecule has 174 valence electrons. The number of amidine groups is 1. The molecule has 0 saturated carbocycles. The summed E-state index contributed by atoms with van der Waals surface area (Å²) in [6.07, 6.45) is -1.52. The van der Waals surface area contributed by atoms with Crippen molar-refractivity contribution in [2.45, 2.75) is 19.6 Å². The average molecular weight is 451 g/mol. The van der Waals surface area contributed by atoms with Crippen molar-refractivity contribution in [3.8, 4) is 5.75 Å². The molecule has 0 bridgehead atoms. The molecule has 0 radical (unpaired) electrons. The summed E-state index contributed by atoms with van der Waals surface area (Å²) in [5, 5.41) is 18.7. The first-order valence-corrected chi connectivity index (χ1v) is 10.0. The highest BCUT2D eigenvalue weighted by Crippen LogP contribution is 2.30. The molecule has 0 saturated heterocycles. The lowest BCUT2D eigenvalue weighted by atomic mass is 10.1. The van der Waals surface area contributed by atoms with Crippen LogP contribution in [0.25, 0.3) is 0 Å². The minimum Gasteiger partial charge on any atom is -0.488 e. The van der Waals surface area contributed by atoms with E-state index < -0.39 is 29.2 Å². The van der Waals surface area contributed by atoms with E-state index in [1.807, 2.05) is 0 Å². The first-order chi connectivity index (χ1) is 15.4. The number of nitrogen functional groups attached to an aromatic ring is 1. The molecular weight excluding hydrogens is 424 g/mol. The van der Waals surface area contributed by atoms with E-state index in [4.69, 9.17) is 30.5 Å². The van der Waals surface area contributed by atoms with Gasteiger partial charge in [0.15, 0.2) is 17.7 Å². The Bertz CT molecular complexity index is 909. The van der Waals surface area contributed by atoms with Crippen LogP contribution in [0.2, 0.25) is 0 Å². The van der Waals surface area contributed by atoms with Crippen LogP contribution < -0.4 is 15.8 Å². The molecule has 1 atom stereocenters. The number of carbonyl (C=O) groups excluding carboxylic acids is 1. The average Bonchev–Trinajstić information content (AvgIpc) is 2.78. The Kier molecular flexibility index (Phi) is 9.99. The lowest BCUT2D eigenvalue weighted by molar-refractivity contribution is -0.133. The first kappa shape index (κ1) is 25.2. The van der Waals surface area contributed by atoms with Gasteiger partial charge in [-0.25, -0.2) is 8.78 Å². The van der Waals surface area contributed by atoms with Crippen LogP contribution in [-0.2, 0) is 20.8 Å². The Labute approximate surface area is 184 Å². The highest BCUT2D eigenvalue weighted by atomic mass is 19.1. The van der Waals surface area contributed by atoms with E-state index in [1.54, 1.807) is 31.2 Å². The van der Waals surface area contributed by atoms with Gasteiger partial charge in [0.1, 0.15) is 18.3 Å². The lowest BCUT2D eigenvalue weighted by Gasteiger charge is -2.20. The normalized spacial score (nSPS) is 11.8. The molecule has 0 spiro atoms. The molecule has 0 aliphatic rings. The molecule has 8 nitrogen and oxygen atoms in total. The minimum absolute atomic E-state index is 0.0241. The van der Waals surface area contributed by atoms with E-state index in [1.165, 1.54) is 0 Å². The third-order valence-electron chi connectivity index (χ3n) is 4.38. The summed E-state index contributed by atoms with van der Waals surface area (Å²) in [7, 11) is 0. The predicted octanol–water partition coefficient (Wildman–Crippen LogP) is 2.03. The van der Waals surface area contributed by atoms with Gasteiger partial charge in [0.2, 0.25) is 0 Å². The van der Waals surface area contributed by atoms with Crippen molar-refractivity contribution in [1.82, 2.24) is 5.32 Å². The molecule has 0 aromatic heterocycles. The van der Waals surface area contributed by atoms with Gasteiger partial charge in [-0.1, -0.05) is 24.3 Å². The zero-order chi connectivity index (χ0) is 23.5. The maximum absolute atomic E-state index is 15.0. The highest BCUT2D eigenvalue weighted by Gasteiger charge is 2.29. The molecule has 2 rings (SSSR count). The summed E-state index contributed by atoms with van der Waals surface area (Å²) < 4.78 is 45.2. The molecule has 0 aliphatic carbocycles. The summed E-state index contributed by atoms with van der Waals surface area (Å²) in [6.45, 7) is 1.78. The summed E-state index contributed by atoms with van der Waals surface area (Å²) >= 11 is 0. The topological polar surface area (TPSA) is 127 Å². The van der Waals surface area contributed by atoms with E-state index in [2.05, 4.69) is 5.32 Å². The van der Waals surface area contributed by atoms with Gasteiger partial charge in [0.25, 0.3) is 5.91 Å². The number of benzene rings is 2. The van der Waals surface area contributed by atoms with Crippen LogP contribution in [0, 0.1) is 17.0 Å². The van der Waals surface area contributed by atoms with Gasteiger partial charge in [-0.15, -0.1) is 0 Å². The Morgan fingerprint density at radius 2 is 1.88 bits per heavy atom. The van der Waals surface area contributed by atoms with Gasteiger partial charge in [0, 0.05) is 18.7 Å². The number of aliphatic hydroxyl groups is 1. The van der Waals surface area contributed by atoms with Crippen molar-refractivity contribution in [3.05, 3.63) is 64.7 Å². The highest BCUT2D eigenvalue weighted by molar-refractivity contribution is 5.94. The number of amides is 1. The van der Waals surface area contributed by atoms with Gasteiger partial charge in [0.05, 0.1) is 25.4 Å². The molecule has 5 N–H and O–H groups in total. The fourth-order valence-corrected chi connectivity index (χ4v) is 2.82. The summed E-state index contributed by atoms with van der Waals surface area (Å²) in [5.74, 6) is -3.02. The number of hydrogen-bond acceptors (Lipinski definition) is 6. The fraction of sp³-hybridized carbons (Fsp3) is 0.364. The second-order valence-corrected chi connectivity index (χ2v) is 6.62. The molecule has 10 heteroatoms. The van der Waals surface area contributed by atoms with E-state index in [9.17, 15) is 13.6 Å². The fourth-order valence-electron chi connectivity index (χ4n) is 2.82. The van der Waals surface area contributed by atoms with Crippen molar-refractivity contribution in [2.24, 2.45) is 5.73 Å². The molecule has 0 heterocycles. The molecule has 0 aliphatic heterocycles. The summed E-state index contributed by atoms with van der Waals surface area (Å²) in [5.41, 5.74) is 6.11. The van der Waals surface area contributed by atoms with Crippen LogP contribution in [0.1, 0.15) is 29.7 Å². The molecule has 0 fully saturated rings. The van der Waals surface area contributed by atoms with Crippen molar-refractivity contribution >= 4 is 11.7 Å².